The van der Waals surface area contributed by atoms with Crippen LogP contribution in [-0.2, 0) is 4.79 Å². The minimum atomic E-state index is -0.998. The van der Waals surface area contributed by atoms with Gasteiger partial charge in [-0.05, 0) is 204 Å². The van der Waals surface area contributed by atoms with Gasteiger partial charge in [-0.1, -0.05) is 77.1 Å². The highest BCUT2D eigenvalue weighted by molar-refractivity contribution is 5.87. The summed E-state index contributed by atoms with van der Waals surface area (Å²) in [7, 11) is 0. The van der Waals surface area contributed by atoms with Gasteiger partial charge in [0.1, 0.15) is 19.0 Å². The Kier molecular flexibility index (Phi) is 11.2. The van der Waals surface area contributed by atoms with E-state index in [4.69, 9.17) is 4.74 Å². The number of nitrogens with one attached hydrogen (secondary N) is 1. The summed E-state index contributed by atoms with van der Waals surface area (Å²) in [4.78, 5) is 13.5. The normalized spacial score (nSPS) is 45.2. The average Bonchev–Trinajstić information content (AvgIpc) is 3.59. The van der Waals surface area contributed by atoms with Crippen molar-refractivity contribution in [1.82, 2.24) is 5.32 Å². The fourth-order valence-electron chi connectivity index (χ4n) is 16.1. The van der Waals surface area contributed by atoms with E-state index in [1.807, 2.05) is 37.3 Å². The second-order valence-corrected chi connectivity index (χ2v) is 23.2. The largest absolute Gasteiger partial charge is 0.486 e. The standard InChI is InChI=1S/C53H78FNO4/c1-36(2)39-18-25-53(55-33-32-52(58)29-26-47(5,57)27-30-52)31-28-49(7)41(45(39)53)14-15-43-48(6)21-19-40(46(3,4)42(48)20-22-50(43,49)8)37-16-23-51(35-54,24-17-37)44(56)34-59-38-12-10-9-11-13-38/h9-13,16,19,39,41-43,45,55,57-58H,1,14-15,17-18,20-35H2,2-8H3/t39-,41+,42-,43+,45+,47?,48-,49+,50+,51+,52?,53-/m0/s1. The first-order chi connectivity index (χ1) is 27.8. The van der Waals surface area contributed by atoms with Crippen molar-refractivity contribution in [2.45, 2.75) is 174 Å². The molecule has 0 aliphatic heterocycles. The molecule has 3 N–H and O–H groups in total. The molecule has 0 amide bonds. The molecular formula is C53H78FNO4. The van der Waals surface area contributed by atoms with Gasteiger partial charge in [0.15, 0.2) is 5.78 Å². The predicted molar refractivity (Wildman–Crippen MR) is 237 cm³/mol. The highest BCUT2D eigenvalue weighted by Crippen LogP contribution is 2.76. The highest BCUT2D eigenvalue weighted by atomic mass is 19.1. The molecule has 0 spiro atoms. The molecule has 0 aromatic heterocycles. The van der Waals surface area contributed by atoms with Crippen LogP contribution in [0.2, 0.25) is 0 Å². The number of fused-ring (bicyclic) bond motifs is 7. The maximum Gasteiger partial charge on any atom is 0.179 e. The van der Waals surface area contributed by atoms with E-state index in [1.54, 1.807) is 0 Å². The molecule has 0 bridgehead atoms. The number of para-hydroxylation sites is 1. The molecule has 0 saturated heterocycles. The van der Waals surface area contributed by atoms with Gasteiger partial charge in [-0.3, -0.25) is 4.79 Å². The fourth-order valence-corrected chi connectivity index (χ4v) is 16.1. The lowest BCUT2D eigenvalue weighted by molar-refractivity contribution is -0.221. The summed E-state index contributed by atoms with van der Waals surface area (Å²) in [5.74, 6) is 3.49. The van der Waals surface area contributed by atoms with Crippen molar-refractivity contribution in [3.63, 3.8) is 0 Å². The Morgan fingerprint density at radius 2 is 1.56 bits per heavy atom. The molecule has 326 valence electrons. The number of aliphatic hydroxyl groups is 2. The number of hydrogen-bond acceptors (Lipinski definition) is 5. The van der Waals surface area contributed by atoms with Gasteiger partial charge in [0.2, 0.25) is 0 Å². The van der Waals surface area contributed by atoms with Gasteiger partial charge in [0.05, 0.1) is 16.6 Å². The quantitative estimate of drug-likeness (QED) is 0.194. The van der Waals surface area contributed by atoms with Crippen LogP contribution >= 0.6 is 0 Å². The van der Waals surface area contributed by atoms with E-state index in [0.717, 1.165) is 25.8 Å². The number of halogens is 1. The van der Waals surface area contributed by atoms with Gasteiger partial charge < -0.3 is 20.3 Å². The van der Waals surface area contributed by atoms with Crippen LogP contribution in [-0.4, -0.2) is 52.6 Å². The lowest BCUT2D eigenvalue weighted by atomic mass is 9.33. The van der Waals surface area contributed by atoms with Crippen molar-refractivity contribution in [2.75, 3.05) is 19.8 Å². The van der Waals surface area contributed by atoms with E-state index < -0.39 is 23.3 Å². The first-order valence-electron chi connectivity index (χ1n) is 23.8. The fraction of sp³-hybridized carbons (Fsp3) is 0.755. The van der Waals surface area contributed by atoms with E-state index in [0.29, 0.717) is 73.9 Å². The van der Waals surface area contributed by atoms with Gasteiger partial charge in [0.25, 0.3) is 0 Å². The Bertz CT molecular complexity index is 1820. The van der Waals surface area contributed by atoms with Crippen LogP contribution < -0.4 is 10.1 Å². The number of allylic oxidation sites excluding steroid dienone is 5. The van der Waals surface area contributed by atoms with Crippen LogP contribution in [0.3, 0.4) is 0 Å². The number of rotatable bonds is 11. The Morgan fingerprint density at radius 3 is 2.22 bits per heavy atom. The zero-order valence-electron chi connectivity index (χ0n) is 37.9. The number of carbonyl (C=O) groups excluding carboxylic acids is 1. The molecular weight excluding hydrogens is 734 g/mol. The Hall–Kier alpha value is -2.28. The molecule has 7 aliphatic rings. The number of Topliss-reactive ketones (excluding diaryl/α,β-unsaturated/α-hetero) is 1. The first kappa shape index (κ1) is 43.4. The van der Waals surface area contributed by atoms with Gasteiger partial charge >= 0.3 is 0 Å². The number of carbonyl (C=O) groups is 1. The minimum Gasteiger partial charge on any atom is -0.486 e. The molecule has 8 rings (SSSR count). The molecule has 5 fully saturated rings. The Morgan fingerprint density at radius 1 is 0.831 bits per heavy atom. The summed E-state index contributed by atoms with van der Waals surface area (Å²) in [6.07, 6.45) is 21.1. The maximum atomic E-state index is 14.8. The average molecular weight is 812 g/mol. The highest BCUT2D eigenvalue weighted by Gasteiger charge is 2.70. The maximum absolute atomic E-state index is 14.8. The van der Waals surface area contributed by atoms with Gasteiger partial charge in [-0.15, -0.1) is 0 Å². The van der Waals surface area contributed by atoms with Crippen LogP contribution in [0.4, 0.5) is 4.39 Å². The van der Waals surface area contributed by atoms with Crippen molar-refractivity contribution < 1.29 is 24.1 Å². The summed E-state index contributed by atoms with van der Waals surface area (Å²) in [6.45, 7) is 22.0. The lowest BCUT2D eigenvalue weighted by Crippen LogP contribution is -2.68. The third-order valence-corrected chi connectivity index (χ3v) is 19.9. The van der Waals surface area contributed by atoms with Crippen molar-refractivity contribution in [3.8, 4) is 5.75 Å². The molecule has 6 heteroatoms. The van der Waals surface area contributed by atoms with Crippen molar-refractivity contribution in [3.05, 3.63) is 65.8 Å². The molecule has 59 heavy (non-hydrogen) atoms. The number of hydrogen-bond donors (Lipinski definition) is 3. The van der Waals surface area contributed by atoms with E-state index >= 15 is 0 Å². The van der Waals surface area contributed by atoms with E-state index in [2.05, 4.69) is 65.6 Å². The monoisotopic (exact) mass is 812 g/mol. The van der Waals surface area contributed by atoms with Crippen molar-refractivity contribution in [2.24, 2.45) is 56.7 Å². The van der Waals surface area contributed by atoms with Crippen LogP contribution in [0.1, 0.15) is 158 Å². The van der Waals surface area contributed by atoms with Crippen LogP contribution in [0.5, 0.6) is 5.75 Å². The van der Waals surface area contributed by atoms with Gasteiger partial charge in [-0.2, -0.15) is 0 Å². The lowest BCUT2D eigenvalue weighted by Gasteiger charge is -2.72. The second kappa shape index (κ2) is 15.2. The topological polar surface area (TPSA) is 78.8 Å². The molecule has 7 aliphatic carbocycles. The number of ether oxygens (including phenoxy) is 1. The number of benzene rings is 1. The first-order valence-corrected chi connectivity index (χ1v) is 23.8. The zero-order valence-corrected chi connectivity index (χ0v) is 37.9. The smallest absolute Gasteiger partial charge is 0.179 e. The predicted octanol–water partition coefficient (Wildman–Crippen LogP) is 11.7. The van der Waals surface area contributed by atoms with E-state index in [1.165, 1.54) is 68.1 Å². The van der Waals surface area contributed by atoms with Gasteiger partial charge in [0, 0.05) is 5.54 Å². The summed E-state index contributed by atoms with van der Waals surface area (Å²) < 4.78 is 20.6. The Labute approximate surface area is 356 Å². The molecule has 5 nitrogen and oxygen atoms in total. The summed E-state index contributed by atoms with van der Waals surface area (Å²) in [5.41, 5.74) is 2.63. The van der Waals surface area contributed by atoms with Crippen LogP contribution in [0.25, 0.3) is 0 Å². The molecule has 1 aromatic carbocycles. The molecule has 0 radical (unpaired) electrons. The van der Waals surface area contributed by atoms with Crippen molar-refractivity contribution >= 4 is 5.78 Å². The SMILES string of the molecule is C=C(C)[C@@H]1CC[C@]2(NCCC3(O)CCC(C)(O)CC3)CC[C@]3(C)[C@H](CC[C@@H]4[C@@]5(C)CC=C(C6=CC[C@@](CF)(C(=O)COc7ccccc7)CC6)C(C)(C)[C@@H]5CC[C@]43C)[C@@H]12. The number of ketones is 1. The number of alkyl halides is 1. The minimum absolute atomic E-state index is 0.00555. The molecule has 1 aromatic rings. The summed E-state index contributed by atoms with van der Waals surface area (Å²) in [5, 5.41) is 26.3. The van der Waals surface area contributed by atoms with Crippen LogP contribution in [0.15, 0.2) is 65.8 Å². The third-order valence-electron chi connectivity index (χ3n) is 19.9. The van der Waals surface area contributed by atoms with E-state index in [-0.39, 0.29) is 39.6 Å². The van der Waals surface area contributed by atoms with Crippen LogP contribution in [0, 0.1) is 56.7 Å². The summed E-state index contributed by atoms with van der Waals surface area (Å²) in [6, 6.07) is 9.37. The van der Waals surface area contributed by atoms with E-state index in [9.17, 15) is 19.4 Å². The molecule has 0 unspecified atom stereocenters. The summed E-state index contributed by atoms with van der Waals surface area (Å²) >= 11 is 0. The van der Waals surface area contributed by atoms with Crippen molar-refractivity contribution in [1.29, 1.82) is 0 Å². The zero-order chi connectivity index (χ0) is 42.3. The molecule has 5 saturated carbocycles. The molecule has 10 atom stereocenters. The van der Waals surface area contributed by atoms with Gasteiger partial charge in [-0.25, -0.2) is 4.39 Å². The Balaban J connectivity index is 0.997. The molecule has 0 heterocycles. The third kappa shape index (κ3) is 7.08. The second-order valence-electron chi connectivity index (χ2n) is 23.2.